The van der Waals surface area contributed by atoms with Crippen molar-refractivity contribution in [2.24, 2.45) is 0 Å². The third kappa shape index (κ3) is 5.32. The largest absolute Gasteiger partial charge is 0.497 e. The zero-order valence-electron chi connectivity index (χ0n) is 11.7. The Morgan fingerprint density at radius 2 is 1.61 bits per heavy atom. The van der Waals surface area contributed by atoms with Gasteiger partial charge in [0.25, 0.3) is 0 Å². The van der Waals surface area contributed by atoms with Gasteiger partial charge in [-0.1, -0.05) is 26.0 Å². The van der Waals surface area contributed by atoms with Crippen molar-refractivity contribution < 1.29 is 9.53 Å². The Morgan fingerprint density at radius 1 is 1.11 bits per heavy atom. The van der Waals surface area contributed by atoms with E-state index < -0.39 is 0 Å². The van der Waals surface area contributed by atoms with Crippen LogP contribution in [-0.2, 0) is 4.79 Å². The average Bonchev–Trinajstić information content (AvgIpc) is 2.52. The van der Waals surface area contributed by atoms with Gasteiger partial charge < -0.3 is 14.8 Å². The van der Waals surface area contributed by atoms with Crippen molar-refractivity contribution in [3.05, 3.63) is 29.8 Å². The highest BCUT2D eigenvalue weighted by molar-refractivity contribution is 5.29. The molecule has 0 unspecified atom stereocenters. The van der Waals surface area contributed by atoms with Gasteiger partial charge in [0, 0.05) is 0 Å². The first-order chi connectivity index (χ1) is 8.90. The number of benzene rings is 1. The van der Waals surface area contributed by atoms with Gasteiger partial charge in [-0.3, -0.25) is 0 Å². The minimum absolute atomic E-state index is 0.738. The highest BCUT2D eigenvalue weighted by atomic mass is 16.5. The molecule has 0 spiro atoms. The van der Waals surface area contributed by atoms with Crippen LogP contribution >= 0.6 is 0 Å². The summed E-state index contributed by atoms with van der Waals surface area (Å²) in [5, 5.41) is 3.38. The van der Waals surface area contributed by atoms with Crippen molar-refractivity contribution in [2.45, 2.75) is 32.6 Å². The lowest BCUT2D eigenvalue weighted by Gasteiger charge is -2.22. The maximum atomic E-state index is 8.00. The van der Waals surface area contributed by atoms with E-state index in [1.54, 1.807) is 7.11 Å². The van der Waals surface area contributed by atoms with Crippen LogP contribution in [0.1, 0.15) is 38.2 Å². The van der Waals surface area contributed by atoms with E-state index in [9.17, 15) is 0 Å². The van der Waals surface area contributed by atoms with Crippen LogP contribution in [0.4, 0.5) is 0 Å². The minimum Gasteiger partial charge on any atom is -0.497 e. The van der Waals surface area contributed by atoms with Crippen LogP contribution in [0.3, 0.4) is 0 Å². The zero-order valence-corrected chi connectivity index (χ0v) is 11.7. The molecule has 0 aromatic heterocycles. The Kier molecular flexibility index (Phi) is 9.97. The molecule has 1 heterocycles. The topological polar surface area (TPSA) is 38.3 Å². The number of carbonyl (C=O) groups excluding carboxylic acids is 1. The van der Waals surface area contributed by atoms with Crippen LogP contribution in [0.25, 0.3) is 0 Å². The summed E-state index contributed by atoms with van der Waals surface area (Å²) in [7, 11) is 1.71. The highest BCUT2D eigenvalue weighted by Gasteiger charge is 2.14. The summed E-state index contributed by atoms with van der Waals surface area (Å²) in [5.74, 6) is 1.69. The van der Waals surface area contributed by atoms with E-state index >= 15 is 0 Å². The summed E-state index contributed by atoms with van der Waals surface area (Å²) >= 11 is 0. The molecular weight excluding hydrogens is 226 g/mol. The smallest absolute Gasteiger partial charge is 0.118 e. The normalized spacial score (nSPS) is 14.6. The average molecular weight is 251 g/mol. The van der Waals surface area contributed by atoms with Gasteiger partial charge in [0.15, 0.2) is 0 Å². The Hall–Kier alpha value is -1.35. The third-order valence-corrected chi connectivity index (χ3v) is 2.93. The van der Waals surface area contributed by atoms with Crippen LogP contribution in [0.2, 0.25) is 0 Å². The molecule has 0 saturated carbocycles. The summed E-state index contributed by atoms with van der Waals surface area (Å²) in [5.41, 5.74) is 1.45. The van der Waals surface area contributed by atoms with E-state index in [0.717, 1.165) is 24.8 Å². The van der Waals surface area contributed by atoms with Gasteiger partial charge in [-0.25, -0.2) is 0 Å². The van der Waals surface area contributed by atoms with Gasteiger partial charge in [-0.2, -0.15) is 0 Å². The Morgan fingerprint density at radius 3 is 2.06 bits per heavy atom. The molecule has 1 aliphatic rings. The molecule has 1 aromatic rings. The lowest BCUT2D eigenvalue weighted by Crippen LogP contribution is -2.26. The van der Waals surface area contributed by atoms with Crippen LogP contribution in [0.5, 0.6) is 5.75 Å². The number of piperidine rings is 1. The fraction of sp³-hybridized carbons (Fsp3) is 0.533. The monoisotopic (exact) mass is 251 g/mol. The van der Waals surface area contributed by atoms with Gasteiger partial charge in [-0.15, -0.1) is 0 Å². The molecule has 0 atom stereocenters. The maximum Gasteiger partial charge on any atom is 0.118 e. The molecule has 1 aromatic carbocycles. The first kappa shape index (κ1) is 16.6. The number of methoxy groups -OCH3 is 1. The number of carbonyl (C=O) groups is 1. The van der Waals surface area contributed by atoms with Crippen molar-refractivity contribution in [1.29, 1.82) is 0 Å². The summed E-state index contributed by atoms with van der Waals surface area (Å²) in [6.07, 6.45) is 2.51. The highest BCUT2D eigenvalue weighted by Crippen LogP contribution is 2.26. The van der Waals surface area contributed by atoms with Gasteiger partial charge in [0.05, 0.1) is 7.11 Å². The lowest BCUT2D eigenvalue weighted by atomic mass is 9.90. The molecule has 3 nitrogen and oxygen atoms in total. The summed E-state index contributed by atoms with van der Waals surface area (Å²) in [6, 6.07) is 8.48. The van der Waals surface area contributed by atoms with Crippen molar-refractivity contribution >= 4 is 6.79 Å². The van der Waals surface area contributed by atoms with Crippen molar-refractivity contribution in [1.82, 2.24) is 5.32 Å². The van der Waals surface area contributed by atoms with Crippen LogP contribution in [0, 0.1) is 0 Å². The quantitative estimate of drug-likeness (QED) is 0.878. The van der Waals surface area contributed by atoms with E-state index in [1.165, 1.54) is 18.4 Å². The summed E-state index contributed by atoms with van der Waals surface area (Å²) in [6.45, 7) is 8.30. The first-order valence-electron chi connectivity index (χ1n) is 6.53. The predicted octanol–water partition coefficient (Wildman–Crippen LogP) is 3.00. The Bertz CT molecular complexity index is 292. The van der Waals surface area contributed by atoms with E-state index in [2.05, 4.69) is 29.6 Å². The molecule has 2 rings (SSSR count). The van der Waals surface area contributed by atoms with Crippen molar-refractivity contribution in [2.75, 3.05) is 20.2 Å². The van der Waals surface area contributed by atoms with E-state index in [4.69, 9.17) is 9.53 Å². The van der Waals surface area contributed by atoms with Crippen molar-refractivity contribution in [3.8, 4) is 5.75 Å². The second-order valence-corrected chi connectivity index (χ2v) is 3.80. The summed E-state index contributed by atoms with van der Waals surface area (Å²) in [4.78, 5) is 8.00. The molecule has 1 fully saturated rings. The molecule has 0 aliphatic carbocycles. The second-order valence-electron chi connectivity index (χ2n) is 3.80. The van der Waals surface area contributed by atoms with Crippen LogP contribution in [-0.4, -0.2) is 27.0 Å². The van der Waals surface area contributed by atoms with Crippen LogP contribution < -0.4 is 10.1 Å². The number of hydrogen-bond acceptors (Lipinski definition) is 3. The standard InChI is InChI=1S/C12H17NO.C2H6.CH2O/c1-14-12-4-2-10(3-5-12)11-6-8-13-9-7-11;2*1-2/h2-5,11,13H,6-9H2,1H3;1-2H3;1H2. The number of rotatable bonds is 2. The number of nitrogens with one attached hydrogen (secondary N) is 1. The zero-order chi connectivity index (χ0) is 13.8. The SMILES string of the molecule is C=O.CC.COc1ccc(C2CCNCC2)cc1. The number of hydrogen-bond donors (Lipinski definition) is 1. The first-order valence-corrected chi connectivity index (χ1v) is 6.53. The second kappa shape index (κ2) is 10.8. The van der Waals surface area contributed by atoms with Gasteiger partial charge in [0.2, 0.25) is 0 Å². The molecule has 0 bridgehead atoms. The number of ether oxygens (including phenoxy) is 1. The predicted molar refractivity (Wildman–Crippen MR) is 76.3 cm³/mol. The molecule has 18 heavy (non-hydrogen) atoms. The van der Waals surface area contributed by atoms with E-state index in [-0.39, 0.29) is 0 Å². The molecule has 102 valence electrons. The molecule has 0 radical (unpaired) electrons. The lowest BCUT2D eigenvalue weighted by molar-refractivity contribution is -0.0979. The molecule has 3 heteroatoms. The summed E-state index contributed by atoms with van der Waals surface area (Å²) < 4.78 is 5.14. The fourth-order valence-electron chi connectivity index (χ4n) is 2.03. The van der Waals surface area contributed by atoms with E-state index in [0.29, 0.717) is 0 Å². The van der Waals surface area contributed by atoms with Gasteiger partial charge >= 0.3 is 0 Å². The van der Waals surface area contributed by atoms with E-state index in [1.807, 2.05) is 20.6 Å². The van der Waals surface area contributed by atoms with Crippen LogP contribution in [0.15, 0.2) is 24.3 Å². The molecule has 0 amide bonds. The molecular formula is C15H25NO2. The minimum atomic E-state index is 0.738. The Labute approximate surface area is 111 Å². The van der Waals surface area contributed by atoms with Gasteiger partial charge in [-0.05, 0) is 49.5 Å². The third-order valence-electron chi connectivity index (χ3n) is 2.93. The molecule has 1 saturated heterocycles. The van der Waals surface area contributed by atoms with Gasteiger partial charge in [0.1, 0.15) is 12.5 Å². The maximum absolute atomic E-state index is 8.00. The molecule has 1 N–H and O–H groups in total. The van der Waals surface area contributed by atoms with Crippen molar-refractivity contribution in [3.63, 3.8) is 0 Å². The molecule has 1 aliphatic heterocycles. The Balaban J connectivity index is 0.000000659. The fourth-order valence-corrected chi connectivity index (χ4v) is 2.03.